The molecule has 5 heteroatoms. The van der Waals surface area contributed by atoms with Gasteiger partial charge < -0.3 is 9.73 Å². The third-order valence-corrected chi connectivity index (χ3v) is 3.11. The summed E-state index contributed by atoms with van der Waals surface area (Å²) in [7, 11) is 0. The molecule has 0 radical (unpaired) electrons. The number of oxazole rings is 1. The minimum atomic E-state index is 0.481. The Labute approximate surface area is 111 Å². The zero-order valence-electron chi connectivity index (χ0n) is 10.8. The highest BCUT2D eigenvalue weighted by atomic mass is 32.2. The molecule has 0 amide bonds. The number of nitrogens with zero attached hydrogens (tertiary/aromatic N) is 2. The highest BCUT2D eigenvalue weighted by Gasteiger charge is 2.05. The maximum atomic E-state index is 5.28. The SMILES string of the molecule is Cc1coc(Sc2ccc(CNC(C)C)cn2)n1. The van der Waals surface area contributed by atoms with E-state index in [0.717, 1.165) is 17.3 Å². The van der Waals surface area contributed by atoms with Crippen LogP contribution < -0.4 is 5.32 Å². The minimum absolute atomic E-state index is 0.481. The first-order chi connectivity index (χ1) is 8.63. The number of nitrogens with one attached hydrogen (secondary N) is 1. The average molecular weight is 263 g/mol. The van der Waals surface area contributed by atoms with Crippen LogP contribution in [-0.2, 0) is 6.54 Å². The third-order valence-electron chi connectivity index (χ3n) is 2.30. The molecule has 0 aromatic carbocycles. The summed E-state index contributed by atoms with van der Waals surface area (Å²) in [4.78, 5) is 8.62. The van der Waals surface area contributed by atoms with E-state index in [-0.39, 0.29) is 0 Å². The van der Waals surface area contributed by atoms with Crippen LogP contribution in [0.5, 0.6) is 0 Å². The maximum absolute atomic E-state index is 5.28. The number of hydrogen-bond donors (Lipinski definition) is 1. The maximum Gasteiger partial charge on any atom is 0.262 e. The molecule has 2 aromatic heterocycles. The topological polar surface area (TPSA) is 51.0 Å². The van der Waals surface area contributed by atoms with Crippen LogP contribution in [0.25, 0.3) is 0 Å². The predicted octanol–water partition coefficient (Wildman–Crippen LogP) is 3.03. The molecule has 0 aliphatic carbocycles. The Morgan fingerprint density at radius 3 is 2.78 bits per heavy atom. The Hall–Kier alpha value is -1.33. The normalized spacial score (nSPS) is 11.1. The molecular weight excluding hydrogens is 246 g/mol. The van der Waals surface area contributed by atoms with Crippen molar-refractivity contribution in [2.75, 3.05) is 0 Å². The van der Waals surface area contributed by atoms with Crippen LogP contribution in [0.1, 0.15) is 25.1 Å². The highest BCUT2D eigenvalue weighted by Crippen LogP contribution is 2.24. The van der Waals surface area contributed by atoms with Gasteiger partial charge in [-0.3, -0.25) is 0 Å². The van der Waals surface area contributed by atoms with Crippen molar-refractivity contribution in [2.45, 2.75) is 43.6 Å². The van der Waals surface area contributed by atoms with Gasteiger partial charge in [-0.05, 0) is 30.3 Å². The van der Waals surface area contributed by atoms with Gasteiger partial charge in [0.1, 0.15) is 11.3 Å². The smallest absolute Gasteiger partial charge is 0.262 e. The second-order valence-corrected chi connectivity index (χ2v) is 5.37. The summed E-state index contributed by atoms with van der Waals surface area (Å²) in [6.07, 6.45) is 3.52. The Morgan fingerprint density at radius 2 is 2.22 bits per heavy atom. The summed E-state index contributed by atoms with van der Waals surface area (Å²) in [6.45, 7) is 7.00. The monoisotopic (exact) mass is 263 g/mol. The molecule has 0 saturated carbocycles. The van der Waals surface area contributed by atoms with Crippen molar-refractivity contribution in [1.29, 1.82) is 0 Å². The van der Waals surface area contributed by atoms with Crippen LogP contribution in [0.15, 0.2) is 39.3 Å². The van der Waals surface area contributed by atoms with Crippen molar-refractivity contribution < 1.29 is 4.42 Å². The van der Waals surface area contributed by atoms with Gasteiger partial charge in [-0.15, -0.1) is 0 Å². The summed E-state index contributed by atoms with van der Waals surface area (Å²) < 4.78 is 5.28. The molecule has 0 fully saturated rings. The molecule has 0 aliphatic rings. The Bertz CT molecular complexity index is 493. The van der Waals surface area contributed by atoms with E-state index in [2.05, 4.69) is 35.2 Å². The van der Waals surface area contributed by atoms with E-state index in [1.165, 1.54) is 17.3 Å². The molecule has 0 unspecified atom stereocenters. The second kappa shape index (κ2) is 6.02. The van der Waals surface area contributed by atoms with Gasteiger partial charge in [0, 0.05) is 18.8 Å². The van der Waals surface area contributed by atoms with Crippen LogP contribution >= 0.6 is 11.8 Å². The standard InChI is InChI=1S/C13H17N3OS/c1-9(2)14-6-11-4-5-12(15-7-11)18-13-16-10(3)8-17-13/h4-5,7-9,14H,6H2,1-3H3. The summed E-state index contributed by atoms with van der Waals surface area (Å²) >= 11 is 1.43. The summed E-state index contributed by atoms with van der Waals surface area (Å²) in [5.41, 5.74) is 2.06. The molecule has 0 atom stereocenters. The van der Waals surface area contributed by atoms with Crippen molar-refractivity contribution in [2.24, 2.45) is 0 Å². The fraction of sp³-hybridized carbons (Fsp3) is 0.385. The first-order valence-corrected chi connectivity index (χ1v) is 6.73. The molecule has 2 rings (SSSR count). The number of pyridine rings is 1. The van der Waals surface area contributed by atoms with Crippen molar-refractivity contribution >= 4 is 11.8 Å². The van der Waals surface area contributed by atoms with Crippen LogP contribution in [0.2, 0.25) is 0 Å². The van der Waals surface area contributed by atoms with Crippen LogP contribution in [-0.4, -0.2) is 16.0 Å². The molecule has 0 spiro atoms. The Morgan fingerprint density at radius 1 is 1.39 bits per heavy atom. The lowest BCUT2D eigenvalue weighted by atomic mass is 10.2. The van der Waals surface area contributed by atoms with Gasteiger partial charge in [0.05, 0.1) is 5.69 Å². The van der Waals surface area contributed by atoms with E-state index < -0.39 is 0 Å². The van der Waals surface area contributed by atoms with E-state index in [1.54, 1.807) is 6.26 Å². The highest BCUT2D eigenvalue weighted by molar-refractivity contribution is 7.99. The number of aryl methyl sites for hydroxylation is 1. The second-order valence-electron chi connectivity index (χ2n) is 4.40. The fourth-order valence-corrected chi connectivity index (χ4v) is 2.07. The van der Waals surface area contributed by atoms with Gasteiger partial charge in [0.15, 0.2) is 0 Å². The molecule has 2 aromatic rings. The van der Waals surface area contributed by atoms with Gasteiger partial charge in [-0.1, -0.05) is 19.9 Å². The summed E-state index contributed by atoms with van der Waals surface area (Å²) in [5, 5.41) is 4.88. The van der Waals surface area contributed by atoms with Crippen molar-refractivity contribution in [3.8, 4) is 0 Å². The van der Waals surface area contributed by atoms with Crippen LogP contribution in [0, 0.1) is 6.92 Å². The number of aromatic nitrogens is 2. The first kappa shape index (κ1) is 13.1. The van der Waals surface area contributed by atoms with E-state index in [0.29, 0.717) is 11.3 Å². The lowest BCUT2D eigenvalue weighted by molar-refractivity contribution is 0.454. The van der Waals surface area contributed by atoms with Crippen molar-refractivity contribution in [3.63, 3.8) is 0 Å². The number of rotatable bonds is 5. The molecular formula is C13H17N3OS. The quantitative estimate of drug-likeness (QED) is 0.898. The van der Waals surface area contributed by atoms with Crippen LogP contribution in [0.3, 0.4) is 0 Å². The fourth-order valence-electron chi connectivity index (χ4n) is 1.37. The van der Waals surface area contributed by atoms with Crippen molar-refractivity contribution in [1.82, 2.24) is 15.3 Å². The van der Waals surface area contributed by atoms with Crippen LogP contribution in [0.4, 0.5) is 0 Å². The Kier molecular flexibility index (Phi) is 4.38. The molecule has 0 aliphatic heterocycles. The number of hydrogen-bond acceptors (Lipinski definition) is 5. The third kappa shape index (κ3) is 3.85. The zero-order valence-corrected chi connectivity index (χ0v) is 11.6. The molecule has 96 valence electrons. The predicted molar refractivity (Wildman–Crippen MR) is 71.6 cm³/mol. The van der Waals surface area contributed by atoms with Gasteiger partial charge in [0.25, 0.3) is 5.22 Å². The molecule has 1 N–H and O–H groups in total. The molecule has 18 heavy (non-hydrogen) atoms. The van der Waals surface area contributed by atoms with Gasteiger partial charge in [-0.2, -0.15) is 0 Å². The van der Waals surface area contributed by atoms with Gasteiger partial charge in [0.2, 0.25) is 0 Å². The van der Waals surface area contributed by atoms with E-state index in [1.807, 2.05) is 19.2 Å². The summed E-state index contributed by atoms with van der Waals surface area (Å²) in [5.74, 6) is 0. The summed E-state index contributed by atoms with van der Waals surface area (Å²) in [6, 6.07) is 4.54. The van der Waals surface area contributed by atoms with Crippen molar-refractivity contribution in [3.05, 3.63) is 35.9 Å². The van der Waals surface area contributed by atoms with E-state index in [9.17, 15) is 0 Å². The van der Waals surface area contributed by atoms with Gasteiger partial charge >= 0.3 is 0 Å². The minimum Gasteiger partial charge on any atom is -0.439 e. The molecule has 0 bridgehead atoms. The molecule has 2 heterocycles. The van der Waals surface area contributed by atoms with Gasteiger partial charge in [-0.25, -0.2) is 9.97 Å². The first-order valence-electron chi connectivity index (χ1n) is 5.92. The lowest BCUT2D eigenvalue weighted by Gasteiger charge is -2.07. The lowest BCUT2D eigenvalue weighted by Crippen LogP contribution is -2.21. The Balaban J connectivity index is 1.95. The van der Waals surface area contributed by atoms with E-state index in [4.69, 9.17) is 4.42 Å². The van der Waals surface area contributed by atoms with E-state index >= 15 is 0 Å². The molecule has 4 nitrogen and oxygen atoms in total. The largest absolute Gasteiger partial charge is 0.439 e. The zero-order chi connectivity index (χ0) is 13.0. The average Bonchev–Trinajstić information content (AvgIpc) is 2.74. The molecule has 0 saturated heterocycles.